The van der Waals surface area contributed by atoms with E-state index in [1.54, 1.807) is 7.11 Å². The van der Waals surface area contributed by atoms with E-state index in [1.165, 1.54) is 24.8 Å². The first kappa shape index (κ1) is 12.7. The Morgan fingerprint density at radius 2 is 2.27 bits per heavy atom. The van der Waals surface area contributed by atoms with Gasteiger partial charge in [-0.2, -0.15) is 0 Å². The third-order valence-electron chi connectivity index (χ3n) is 3.15. The normalized spacial score (nSPS) is 19.3. The number of rotatable bonds is 8. The number of nitrogens with one attached hydrogen (secondary N) is 1. The zero-order valence-electron chi connectivity index (χ0n) is 10.4. The van der Waals surface area contributed by atoms with Crippen LogP contribution < -0.4 is 5.32 Å². The molecule has 0 aromatic heterocycles. The molecule has 2 heteroatoms. The first-order valence-corrected chi connectivity index (χ1v) is 6.13. The van der Waals surface area contributed by atoms with E-state index >= 15 is 0 Å². The Labute approximate surface area is 94.1 Å². The molecular weight excluding hydrogens is 186 g/mol. The standard InChI is InChI=1S/C13H25NO/c1-11(12(2)8-10-15-3)5-4-9-14-13-6-7-13/h5,12-14H,4,6-10H2,1-3H3. The van der Waals surface area contributed by atoms with Crippen LogP contribution in [-0.4, -0.2) is 26.3 Å². The summed E-state index contributed by atoms with van der Waals surface area (Å²) in [4.78, 5) is 0. The lowest BCUT2D eigenvalue weighted by atomic mass is 9.98. The van der Waals surface area contributed by atoms with Crippen LogP contribution in [0.3, 0.4) is 0 Å². The van der Waals surface area contributed by atoms with Crippen molar-refractivity contribution in [2.75, 3.05) is 20.3 Å². The van der Waals surface area contributed by atoms with Crippen LogP contribution >= 0.6 is 0 Å². The highest BCUT2D eigenvalue weighted by Crippen LogP contribution is 2.18. The Bertz CT molecular complexity index is 197. The Balaban J connectivity index is 2.06. The largest absolute Gasteiger partial charge is 0.385 e. The lowest BCUT2D eigenvalue weighted by Gasteiger charge is -2.11. The maximum atomic E-state index is 5.09. The van der Waals surface area contributed by atoms with Crippen molar-refractivity contribution in [2.24, 2.45) is 5.92 Å². The number of methoxy groups -OCH3 is 1. The van der Waals surface area contributed by atoms with Crippen LogP contribution in [0.2, 0.25) is 0 Å². The molecule has 1 aliphatic rings. The van der Waals surface area contributed by atoms with Gasteiger partial charge in [0.25, 0.3) is 0 Å². The number of hydrogen-bond donors (Lipinski definition) is 1. The van der Waals surface area contributed by atoms with Gasteiger partial charge in [0, 0.05) is 19.8 Å². The van der Waals surface area contributed by atoms with Gasteiger partial charge in [-0.15, -0.1) is 0 Å². The van der Waals surface area contributed by atoms with Gasteiger partial charge in [-0.05, 0) is 45.1 Å². The van der Waals surface area contributed by atoms with E-state index in [0.29, 0.717) is 5.92 Å². The number of ether oxygens (including phenoxy) is 1. The van der Waals surface area contributed by atoms with Crippen molar-refractivity contribution in [2.45, 2.75) is 45.6 Å². The number of allylic oxidation sites excluding steroid dienone is 1. The van der Waals surface area contributed by atoms with Crippen molar-refractivity contribution < 1.29 is 4.74 Å². The van der Waals surface area contributed by atoms with Gasteiger partial charge in [-0.3, -0.25) is 0 Å². The second-order valence-corrected chi connectivity index (χ2v) is 4.65. The minimum atomic E-state index is 0.658. The van der Waals surface area contributed by atoms with Crippen molar-refractivity contribution in [3.05, 3.63) is 11.6 Å². The summed E-state index contributed by atoms with van der Waals surface area (Å²) in [7, 11) is 1.77. The molecule has 1 aliphatic carbocycles. The zero-order valence-corrected chi connectivity index (χ0v) is 10.4. The fourth-order valence-electron chi connectivity index (χ4n) is 1.60. The van der Waals surface area contributed by atoms with E-state index in [-0.39, 0.29) is 0 Å². The topological polar surface area (TPSA) is 21.3 Å². The second kappa shape index (κ2) is 7.02. The van der Waals surface area contributed by atoms with E-state index < -0.39 is 0 Å². The maximum Gasteiger partial charge on any atom is 0.0467 e. The molecule has 0 radical (unpaired) electrons. The highest BCUT2D eigenvalue weighted by atomic mass is 16.5. The third kappa shape index (κ3) is 5.95. The number of hydrogen-bond acceptors (Lipinski definition) is 2. The molecule has 0 aromatic rings. The lowest BCUT2D eigenvalue weighted by Crippen LogP contribution is -2.16. The molecule has 0 heterocycles. The van der Waals surface area contributed by atoms with Gasteiger partial charge in [0.05, 0.1) is 0 Å². The summed E-state index contributed by atoms with van der Waals surface area (Å²) in [5.41, 5.74) is 1.50. The van der Waals surface area contributed by atoms with E-state index in [0.717, 1.165) is 25.6 Å². The third-order valence-corrected chi connectivity index (χ3v) is 3.15. The lowest BCUT2D eigenvalue weighted by molar-refractivity contribution is 0.185. The Kier molecular flexibility index (Phi) is 5.96. The van der Waals surface area contributed by atoms with Crippen LogP contribution in [0, 0.1) is 5.92 Å². The molecule has 1 rings (SSSR count). The van der Waals surface area contributed by atoms with Gasteiger partial charge in [0.15, 0.2) is 0 Å². The van der Waals surface area contributed by atoms with E-state index in [9.17, 15) is 0 Å². The predicted octanol–water partition coefficient (Wildman–Crippen LogP) is 2.75. The van der Waals surface area contributed by atoms with Gasteiger partial charge in [0.1, 0.15) is 0 Å². The SMILES string of the molecule is COCCC(C)C(C)=CCCNC1CC1. The summed E-state index contributed by atoms with van der Waals surface area (Å²) >= 11 is 0. The molecule has 15 heavy (non-hydrogen) atoms. The predicted molar refractivity (Wildman–Crippen MR) is 65.1 cm³/mol. The molecule has 1 unspecified atom stereocenters. The fourth-order valence-corrected chi connectivity index (χ4v) is 1.60. The van der Waals surface area contributed by atoms with Gasteiger partial charge in [-0.25, -0.2) is 0 Å². The van der Waals surface area contributed by atoms with Crippen LogP contribution in [0.15, 0.2) is 11.6 Å². The Morgan fingerprint density at radius 1 is 1.53 bits per heavy atom. The average Bonchev–Trinajstić information content (AvgIpc) is 3.04. The first-order chi connectivity index (χ1) is 7.24. The zero-order chi connectivity index (χ0) is 11.1. The van der Waals surface area contributed by atoms with Gasteiger partial charge in [0.2, 0.25) is 0 Å². The van der Waals surface area contributed by atoms with E-state index in [4.69, 9.17) is 4.74 Å². The maximum absolute atomic E-state index is 5.09. The van der Waals surface area contributed by atoms with Gasteiger partial charge < -0.3 is 10.1 Å². The molecule has 1 fully saturated rings. The molecule has 2 nitrogen and oxygen atoms in total. The molecule has 1 atom stereocenters. The van der Waals surface area contributed by atoms with Crippen molar-refractivity contribution in [1.82, 2.24) is 5.32 Å². The van der Waals surface area contributed by atoms with Gasteiger partial charge >= 0.3 is 0 Å². The van der Waals surface area contributed by atoms with Crippen molar-refractivity contribution in [3.8, 4) is 0 Å². The average molecular weight is 211 g/mol. The summed E-state index contributed by atoms with van der Waals surface area (Å²) < 4.78 is 5.09. The van der Waals surface area contributed by atoms with Crippen molar-refractivity contribution in [3.63, 3.8) is 0 Å². The molecule has 0 aliphatic heterocycles. The molecule has 1 N–H and O–H groups in total. The van der Waals surface area contributed by atoms with Crippen LogP contribution in [0.1, 0.15) is 39.5 Å². The van der Waals surface area contributed by atoms with Crippen molar-refractivity contribution in [1.29, 1.82) is 0 Å². The Hall–Kier alpha value is -0.340. The summed E-state index contributed by atoms with van der Waals surface area (Å²) in [6.45, 7) is 6.52. The minimum absolute atomic E-state index is 0.658. The summed E-state index contributed by atoms with van der Waals surface area (Å²) in [6.07, 6.45) is 7.43. The summed E-state index contributed by atoms with van der Waals surface area (Å²) in [5, 5.41) is 3.52. The second-order valence-electron chi connectivity index (χ2n) is 4.65. The van der Waals surface area contributed by atoms with Crippen LogP contribution in [0.4, 0.5) is 0 Å². The van der Waals surface area contributed by atoms with Crippen LogP contribution in [0.5, 0.6) is 0 Å². The highest BCUT2D eigenvalue weighted by molar-refractivity contribution is 5.02. The summed E-state index contributed by atoms with van der Waals surface area (Å²) in [5.74, 6) is 0.658. The fraction of sp³-hybridized carbons (Fsp3) is 0.846. The molecule has 0 saturated heterocycles. The van der Waals surface area contributed by atoms with E-state index in [2.05, 4.69) is 25.2 Å². The molecule has 88 valence electrons. The van der Waals surface area contributed by atoms with Crippen LogP contribution in [0.25, 0.3) is 0 Å². The first-order valence-electron chi connectivity index (χ1n) is 6.13. The smallest absolute Gasteiger partial charge is 0.0467 e. The van der Waals surface area contributed by atoms with E-state index in [1.807, 2.05) is 0 Å². The molecule has 0 bridgehead atoms. The summed E-state index contributed by atoms with van der Waals surface area (Å²) in [6, 6.07) is 0.838. The van der Waals surface area contributed by atoms with Crippen LogP contribution in [-0.2, 0) is 4.74 Å². The molecular formula is C13H25NO. The molecule has 0 spiro atoms. The monoisotopic (exact) mass is 211 g/mol. The van der Waals surface area contributed by atoms with Crippen molar-refractivity contribution >= 4 is 0 Å². The molecule has 0 amide bonds. The minimum Gasteiger partial charge on any atom is -0.385 e. The highest BCUT2D eigenvalue weighted by Gasteiger charge is 2.19. The molecule has 1 saturated carbocycles. The quantitative estimate of drug-likeness (QED) is 0.492. The van der Waals surface area contributed by atoms with Gasteiger partial charge in [-0.1, -0.05) is 18.6 Å². The molecule has 0 aromatic carbocycles. The Morgan fingerprint density at radius 3 is 2.87 bits per heavy atom.